The van der Waals surface area contributed by atoms with Crippen LogP contribution in [0.4, 0.5) is 4.79 Å². The molecule has 0 fully saturated rings. The van der Waals surface area contributed by atoms with Crippen molar-refractivity contribution in [3.05, 3.63) is 83.1 Å². The van der Waals surface area contributed by atoms with Crippen LogP contribution >= 0.6 is 12.2 Å². The summed E-state index contributed by atoms with van der Waals surface area (Å²) < 4.78 is 10.9. The van der Waals surface area contributed by atoms with E-state index in [1.165, 1.54) is 0 Å². The van der Waals surface area contributed by atoms with Crippen molar-refractivity contribution in [1.82, 2.24) is 15.5 Å². The van der Waals surface area contributed by atoms with Crippen LogP contribution in [0.25, 0.3) is 0 Å². The van der Waals surface area contributed by atoms with Crippen molar-refractivity contribution in [2.24, 2.45) is 0 Å². The zero-order valence-corrected chi connectivity index (χ0v) is 22.4. The monoisotopic (exact) mass is 509 g/mol. The Balaban J connectivity index is 1.85. The lowest BCUT2D eigenvalue weighted by atomic mass is 9.98. The van der Waals surface area contributed by atoms with E-state index in [0.717, 1.165) is 11.1 Å². The van der Waals surface area contributed by atoms with Crippen molar-refractivity contribution >= 4 is 29.4 Å². The Bertz CT molecular complexity index is 1060. The normalized spacial score (nSPS) is 15.9. The molecule has 1 atom stereocenters. The molecule has 2 aromatic carbocycles. The maximum absolute atomic E-state index is 12.9. The lowest BCUT2D eigenvalue weighted by Crippen LogP contribution is -2.49. The van der Waals surface area contributed by atoms with Crippen molar-refractivity contribution in [2.45, 2.75) is 58.7 Å². The van der Waals surface area contributed by atoms with Gasteiger partial charge in [0.2, 0.25) is 0 Å². The summed E-state index contributed by atoms with van der Waals surface area (Å²) in [6.45, 7) is 9.41. The molecule has 1 aliphatic rings. The molecule has 1 aliphatic heterocycles. The third-order valence-corrected chi connectivity index (χ3v) is 5.90. The summed E-state index contributed by atoms with van der Waals surface area (Å²) in [5.41, 5.74) is 2.47. The number of hydrogen-bond donors (Lipinski definition) is 2. The molecule has 2 aromatic rings. The number of thiocarbonyl (C=S) groups is 1. The Morgan fingerprint density at radius 1 is 1.06 bits per heavy atom. The average Bonchev–Trinajstić information content (AvgIpc) is 2.82. The second kappa shape index (κ2) is 12.0. The first-order chi connectivity index (χ1) is 17.1. The van der Waals surface area contributed by atoms with Gasteiger partial charge in [0, 0.05) is 18.2 Å². The fourth-order valence-electron chi connectivity index (χ4n) is 4.00. The highest BCUT2D eigenvalue weighted by Crippen LogP contribution is 2.26. The first kappa shape index (κ1) is 27.2. The highest BCUT2D eigenvalue weighted by atomic mass is 32.1. The van der Waals surface area contributed by atoms with Crippen molar-refractivity contribution in [3.63, 3.8) is 0 Å². The minimum Gasteiger partial charge on any atom is -0.463 e. The minimum atomic E-state index is -0.640. The van der Waals surface area contributed by atoms with Gasteiger partial charge in [-0.15, -0.1) is 0 Å². The molecule has 1 heterocycles. The topological polar surface area (TPSA) is 79.9 Å². The molecule has 0 saturated carbocycles. The van der Waals surface area contributed by atoms with Crippen LogP contribution in [-0.2, 0) is 14.3 Å². The number of ether oxygens (including phenoxy) is 2. The van der Waals surface area contributed by atoms with Crippen LogP contribution in [0.1, 0.15) is 58.2 Å². The number of carbonyl (C=O) groups excluding carboxylic acids is 2. The summed E-state index contributed by atoms with van der Waals surface area (Å²) in [5.74, 6) is -0.481. The second-order valence-electron chi connectivity index (χ2n) is 9.69. The fourth-order valence-corrected chi connectivity index (χ4v) is 4.24. The number of esters is 1. The van der Waals surface area contributed by atoms with Crippen LogP contribution in [0.5, 0.6) is 0 Å². The van der Waals surface area contributed by atoms with Gasteiger partial charge in [-0.1, -0.05) is 60.7 Å². The first-order valence-electron chi connectivity index (χ1n) is 12.1. The largest absolute Gasteiger partial charge is 0.463 e. The Labute approximate surface area is 218 Å². The average molecular weight is 510 g/mol. The van der Waals surface area contributed by atoms with Crippen molar-refractivity contribution in [2.75, 3.05) is 13.2 Å². The number of hydrogen-bond acceptors (Lipinski definition) is 5. The minimum absolute atomic E-state index is 0.0701. The van der Waals surface area contributed by atoms with E-state index in [0.29, 0.717) is 22.8 Å². The van der Waals surface area contributed by atoms with Gasteiger partial charge < -0.3 is 25.0 Å². The van der Waals surface area contributed by atoms with E-state index in [9.17, 15) is 9.59 Å². The SMILES string of the molecule is CCOC(=O)C1=C(NC(=S)NC(c2ccccc2)c2ccccc2)CC(C)N(C(=O)OC(C)(C)C)C1. The highest BCUT2D eigenvalue weighted by molar-refractivity contribution is 7.80. The van der Waals surface area contributed by atoms with Gasteiger partial charge in [0.1, 0.15) is 5.60 Å². The summed E-state index contributed by atoms with van der Waals surface area (Å²) in [6.07, 6.45) is -0.0685. The van der Waals surface area contributed by atoms with Crippen LogP contribution in [0.2, 0.25) is 0 Å². The zero-order chi connectivity index (χ0) is 26.3. The van der Waals surface area contributed by atoms with Crippen molar-refractivity contribution in [1.29, 1.82) is 0 Å². The van der Waals surface area contributed by atoms with E-state index in [2.05, 4.69) is 10.6 Å². The van der Waals surface area contributed by atoms with Gasteiger partial charge >= 0.3 is 12.1 Å². The number of carbonyl (C=O) groups is 2. The Kier molecular flexibility index (Phi) is 9.09. The maximum atomic E-state index is 12.9. The molecule has 0 saturated heterocycles. The zero-order valence-electron chi connectivity index (χ0n) is 21.5. The van der Waals surface area contributed by atoms with Gasteiger partial charge in [-0.05, 0) is 58.0 Å². The van der Waals surface area contributed by atoms with Crippen molar-refractivity contribution < 1.29 is 19.1 Å². The molecule has 0 spiro atoms. The second-order valence-corrected chi connectivity index (χ2v) is 10.1. The Hall–Kier alpha value is -3.39. The molecule has 1 amide bonds. The molecule has 0 aromatic heterocycles. The predicted molar refractivity (Wildman–Crippen MR) is 144 cm³/mol. The number of benzene rings is 2. The van der Waals surface area contributed by atoms with Gasteiger partial charge in [-0.3, -0.25) is 0 Å². The summed E-state index contributed by atoms with van der Waals surface area (Å²) >= 11 is 5.69. The lowest BCUT2D eigenvalue weighted by molar-refractivity contribution is -0.139. The van der Waals surface area contributed by atoms with Gasteiger partial charge in [-0.25, -0.2) is 9.59 Å². The summed E-state index contributed by atoms with van der Waals surface area (Å²) in [4.78, 5) is 27.2. The molecule has 0 bridgehead atoms. The summed E-state index contributed by atoms with van der Waals surface area (Å²) in [7, 11) is 0. The van der Waals surface area contributed by atoms with E-state index in [-0.39, 0.29) is 25.2 Å². The summed E-state index contributed by atoms with van der Waals surface area (Å²) in [5, 5.41) is 7.01. The van der Waals surface area contributed by atoms with E-state index in [1.54, 1.807) is 11.8 Å². The smallest absolute Gasteiger partial charge is 0.410 e. The van der Waals surface area contributed by atoms with E-state index < -0.39 is 17.7 Å². The molecular formula is C28H35N3O4S. The van der Waals surface area contributed by atoms with Gasteiger partial charge in [0.15, 0.2) is 5.11 Å². The third kappa shape index (κ3) is 7.31. The van der Waals surface area contributed by atoms with Crippen LogP contribution in [0.3, 0.4) is 0 Å². The van der Waals surface area contributed by atoms with Crippen LogP contribution in [0.15, 0.2) is 71.9 Å². The molecule has 8 heteroatoms. The van der Waals surface area contributed by atoms with Crippen molar-refractivity contribution in [3.8, 4) is 0 Å². The standard InChI is InChI=1S/C28H35N3O4S/c1-6-34-25(32)22-18-31(27(33)35-28(3,4)5)19(2)17-23(22)29-26(36)30-24(20-13-9-7-10-14-20)21-15-11-8-12-16-21/h7-16,19,24H,6,17-18H2,1-5H3,(H2,29,30,36). The number of rotatable bonds is 6. The van der Waals surface area contributed by atoms with E-state index in [1.807, 2.05) is 88.4 Å². The highest BCUT2D eigenvalue weighted by Gasteiger charge is 2.35. The fraction of sp³-hybridized carbons (Fsp3) is 0.393. The number of nitrogens with zero attached hydrogens (tertiary/aromatic N) is 1. The molecule has 36 heavy (non-hydrogen) atoms. The van der Waals surface area contributed by atoms with Crippen LogP contribution in [0, 0.1) is 0 Å². The number of amides is 1. The predicted octanol–water partition coefficient (Wildman–Crippen LogP) is 5.09. The third-order valence-electron chi connectivity index (χ3n) is 5.68. The molecular weight excluding hydrogens is 474 g/mol. The molecule has 0 aliphatic carbocycles. The Morgan fingerprint density at radius 2 is 1.61 bits per heavy atom. The Morgan fingerprint density at radius 3 is 2.11 bits per heavy atom. The molecule has 2 N–H and O–H groups in total. The number of nitrogens with one attached hydrogen (secondary N) is 2. The molecule has 192 valence electrons. The van der Waals surface area contributed by atoms with E-state index >= 15 is 0 Å². The van der Waals surface area contributed by atoms with Gasteiger partial charge in [0.05, 0.1) is 24.8 Å². The molecule has 1 unspecified atom stereocenters. The molecule has 0 radical (unpaired) electrons. The van der Waals surface area contributed by atoms with Crippen LogP contribution < -0.4 is 10.6 Å². The van der Waals surface area contributed by atoms with E-state index in [4.69, 9.17) is 21.7 Å². The van der Waals surface area contributed by atoms with Crippen LogP contribution in [-0.4, -0.2) is 46.9 Å². The lowest BCUT2D eigenvalue weighted by Gasteiger charge is -2.37. The quantitative estimate of drug-likeness (QED) is 0.415. The van der Waals surface area contributed by atoms with Gasteiger partial charge in [-0.2, -0.15) is 0 Å². The molecule has 3 rings (SSSR count). The first-order valence-corrected chi connectivity index (χ1v) is 12.6. The van der Waals surface area contributed by atoms with Gasteiger partial charge in [0.25, 0.3) is 0 Å². The molecule has 7 nitrogen and oxygen atoms in total. The maximum Gasteiger partial charge on any atom is 0.410 e. The summed E-state index contributed by atoms with van der Waals surface area (Å²) in [6, 6.07) is 19.7.